The molecule has 0 aromatic heterocycles. The van der Waals surface area contributed by atoms with Crippen molar-refractivity contribution < 1.29 is 19.3 Å². The predicted octanol–water partition coefficient (Wildman–Crippen LogP) is 0.436. The van der Waals surface area contributed by atoms with Crippen molar-refractivity contribution >= 4 is 0 Å². The molecule has 0 aromatic rings. The van der Waals surface area contributed by atoms with Crippen LogP contribution >= 0.6 is 0 Å². The molecule has 1 fully saturated rings. The minimum absolute atomic E-state index is 0.0675. The Bertz CT molecular complexity index is 236. The van der Waals surface area contributed by atoms with E-state index < -0.39 is 0 Å². The smallest absolute Gasteiger partial charge is 0.219 e. The fourth-order valence-corrected chi connectivity index (χ4v) is 1.52. The second-order valence-corrected chi connectivity index (χ2v) is 3.37. The van der Waals surface area contributed by atoms with E-state index in [4.69, 9.17) is 19.3 Å². The molecule has 0 aromatic carbocycles. The molecular weight excluding hydrogens is 184 g/mol. The van der Waals surface area contributed by atoms with Gasteiger partial charge in [0.05, 0.1) is 32.2 Å². The lowest BCUT2D eigenvalue weighted by atomic mass is 10.1. The SMILES string of the molecule is OCC1COCC1OC1C=CC=CO1. The molecule has 1 N–H and O–H groups in total. The summed E-state index contributed by atoms with van der Waals surface area (Å²) in [5.74, 6) is 0.0675. The van der Waals surface area contributed by atoms with Crippen molar-refractivity contribution in [3.8, 4) is 0 Å². The van der Waals surface area contributed by atoms with Crippen LogP contribution in [0, 0.1) is 5.92 Å². The fourth-order valence-electron chi connectivity index (χ4n) is 1.52. The Labute approximate surface area is 82.8 Å². The quantitative estimate of drug-likeness (QED) is 0.714. The lowest BCUT2D eigenvalue weighted by molar-refractivity contribution is -0.125. The molecule has 2 aliphatic heterocycles. The highest BCUT2D eigenvalue weighted by molar-refractivity contribution is 5.05. The zero-order valence-corrected chi connectivity index (χ0v) is 7.83. The van der Waals surface area contributed by atoms with Gasteiger partial charge in [-0.15, -0.1) is 0 Å². The summed E-state index contributed by atoms with van der Waals surface area (Å²) in [5.41, 5.74) is 0. The molecule has 2 rings (SSSR count). The first-order valence-corrected chi connectivity index (χ1v) is 4.73. The van der Waals surface area contributed by atoms with Crippen molar-refractivity contribution in [2.24, 2.45) is 5.92 Å². The van der Waals surface area contributed by atoms with Gasteiger partial charge in [0.2, 0.25) is 6.29 Å². The summed E-state index contributed by atoms with van der Waals surface area (Å²) in [6.07, 6.45) is 6.68. The molecule has 1 saturated heterocycles. The van der Waals surface area contributed by atoms with Gasteiger partial charge in [-0.1, -0.05) is 6.08 Å². The van der Waals surface area contributed by atoms with Crippen molar-refractivity contribution in [2.45, 2.75) is 12.4 Å². The first-order chi connectivity index (χ1) is 6.90. The molecule has 0 amide bonds. The summed E-state index contributed by atoms with van der Waals surface area (Å²) in [7, 11) is 0. The van der Waals surface area contributed by atoms with Crippen LogP contribution in [0.15, 0.2) is 24.5 Å². The van der Waals surface area contributed by atoms with E-state index in [2.05, 4.69) is 0 Å². The monoisotopic (exact) mass is 198 g/mol. The number of aliphatic hydroxyl groups is 1. The third kappa shape index (κ3) is 2.15. The molecule has 2 heterocycles. The summed E-state index contributed by atoms with van der Waals surface area (Å²) in [6, 6.07) is 0. The third-order valence-corrected chi connectivity index (χ3v) is 2.35. The zero-order valence-electron chi connectivity index (χ0n) is 7.83. The van der Waals surface area contributed by atoms with E-state index in [1.54, 1.807) is 12.3 Å². The molecule has 3 unspecified atom stereocenters. The van der Waals surface area contributed by atoms with Crippen LogP contribution in [0.4, 0.5) is 0 Å². The summed E-state index contributed by atoms with van der Waals surface area (Å²) >= 11 is 0. The summed E-state index contributed by atoms with van der Waals surface area (Å²) in [6.45, 7) is 1.19. The summed E-state index contributed by atoms with van der Waals surface area (Å²) in [5, 5.41) is 9.03. The highest BCUT2D eigenvalue weighted by atomic mass is 16.7. The topological polar surface area (TPSA) is 47.9 Å². The maximum Gasteiger partial charge on any atom is 0.219 e. The second kappa shape index (κ2) is 4.59. The van der Waals surface area contributed by atoms with E-state index in [9.17, 15) is 0 Å². The molecule has 0 saturated carbocycles. The van der Waals surface area contributed by atoms with E-state index in [1.807, 2.05) is 12.2 Å². The predicted molar refractivity (Wildman–Crippen MR) is 49.4 cm³/mol. The van der Waals surface area contributed by atoms with Gasteiger partial charge in [0.15, 0.2) is 0 Å². The highest BCUT2D eigenvalue weighted by Crippen LogP contribution is 2.19. The first-order valence-electron chi connectivity index (χ1n) is 4.73. The van der Waals surface area contributed by atoms with Crippen LogP contribution < -0.4 is 0 Å². The van der Waals surface area contributed by atoms with Crippen LogP contribution in [0.25, 0.3) is 0 Å². The van der Waals surface area contributed by atoms with Gasteiger partial charge in [-0.25, -0.2) is 0 Å². The Morgan fingerprint density at radius 1 is 1.36 bits per heavy atom. The van der Waals surface area contributed by atoms with Crippen LogP contribution in [-0.2, 0) is 14.2 Å². The van der Waals surface area contributed by atoms with Crippen molar-refractivity contribution in [3.63, 3.8) is 0 Å². The molecule has 4 nitrogen and oxygen atoms in total. The molecule has 14 heavy (non-hydrogen) atoms. The van der Waals surface area contributed by atoms with Gasteiger partial charge >= 0.3 is 0 Å². The second-order valence-electron chi connectivity index (χ2n) is 3.37. The average Bonchev–Trinajstić information content (AvgIpc) is 2.67. The van der Waals surface area contributed by atoms with Gasteiger partial charge in [0.25, 0.3) is 0 Å². The Balaban J connectivity index is 1.84. The maximum absolute atomic E-state index is 9.03. The molecule has 0 spiro atoms. The summed E-state index contributed by atoms with van der Waals surface area (Å²) < 4.78 is 16.0. The van der Waals surface area contributed by atoms with Gasteiger partial charge in [-0.2, -0.15) is 0 Å². The van der Waals surface area contributed by atoms with Crippen molar-refractivity contribution in [3.05, 3.63) is 24.5 Å². The largest absolute Gasteiger partial charge is 0.469 e. The van der Waals surface area contributed by atoms with Gasteiger partial charge in [-0.05, 0) is 12.2 Å². The standard InChI is InChI=1S/C10H14O4/c11-5-8-6-12-7-9(8)14-10-3-1-2-4-13-10/h1-4,8-11H,5-7H2. The molecule has 2 aliphatic rings. The first kappa shape index (κ1) is 9.71. The van der Waals surface area contributed by atoms with Crippen LogP contribution in [-0.4, -0.2) is 37.3 Å². The number of hydrogen-bond donors (Lipinski definition) is 1. The average molecular weight is 198 g/mol. The van der Waals surface area contributed by atoms with Crippen LogP contribution in [0.1, 0.15) is 0 Å². The lowest BCUT2D eigenvalue weighted by Gasteiger charge is -2.22. The van der Waals surface area contributed by atoms with E-state index in [-0.39, 0.29) is 24.9 Å². The summed E-state index contributed by atoms with van der Waals surface area (Å²) in [4.78, 5) is 0. The zero-order chi connectivity index (χ0) is 9.80. The fraction of sp³-hybridized carbons (Fsp3) is 0.600. The van der Waals surface area contributed by atoms with Gasteiger partial charge in [-0.3, -0.25) is 0 Å². The van der Waals surface area contributed by atoms with Crippen LogP contribution in [0.5, 0.6) is 0 Å². The normalized spacial score (nSPS) is 35.9. The van der Waals surface area contributed by atoms with E-state index in [0.717, 1.165) is 0 Å². The number of ether oxygens (including phenoxy) is 3. The van der Waals surface area contributed by atoms with Crippen molar-refractivity contribution in [1.29, 1.82) is 0 Å². The van der Waals surface area contributed by atoms with Gasteiger partial charge in [0.1, 0.15) is 0 Å². The Hall–Kier alpha value is -0.840. The molecule has 4 heteroatoms. The Kier molecular flexibility index (Phi) is 3.18. The van der Waals surface area contributed by atoms with Crippen molar-refractivity contribution in [1.82, 2.24) is 0 Å². The minimum Gasteiger partial charge on any atom is -0.469 e. The van der Waals surface area contributed by atoms with Gasteiger partial charge in [0, 0.05) is 5.92 Å². The van der Waals surface area contributed by atoms with Crippen molar-refractivity contribution in [2.75, 3.05) is 19.8 Å². The number of aliphatic hydroxyl groups excluding tert-OH is 1. The number of rotatable bonds is 3. The van der Waals surface area contributed by atoms with Crippen LogP contribution in [0.2, 0.25) is 0 Å². The maximum atomic E-state index is 9.03. The molecule has 78 valence electrons. The van der Waals surface area contributed by atoms with Gasteiger partial charge < -0.3 is 19.3 Å². The highest BCUT2D eigenvalue weighted by Gasteiger charge is 2.30. The molecular formula is C10H14O4. The molecule has 0 bridgehead atoms. The van der Waals surface area contributed by atoms with E-state index in [0.29, 0.717) is 13.2 Å². The van der Waals surface area contributed by atoms with Crippen LogP contribution in [0.3, 0.4) is 0 Å². The van der Waals surface area contributed by atoms with E-state index in [1.165, 1.54) is 0 Å². The lowest BCUT2D eigenvalue weighted by Crippen LogP contribution is -2.30. The number of allylic oxidation sites excluding steroid dienone is 2. The molecule has 0 aliphatic carbocycles. The van der Waals surface area contributed by atoms with E-state index >= 15 is 0 Å². The Morgan fingerprint density at radius 2 is 2.29 bits per heavy atom. The number of hydrogen-bond acceptors (Lipinski definition) is 4. The Morgan fingerprint density at radius 3 is 3.00 bits per heavy atom. The minimum atomic E-state index is -0.347. The molecule has 0 radical (unpaired) electrons. The molecule has 3 atom stereocenters. The third-order valence-electron chi connectivity index (χ3n) is 2.35.